The number of amides is 2. The smallest absolute Gasteiger partial charge is 0.327 e. The Hall–Kier alpha value is -1.46. The first-order valence-corrected chi connectivity index (χ1v) is 8.52. The summed E-state index contributed by atoms with van der Waals surface area (Å²) in [6, 6.07) is -3.13. The van der Waals surface area contributed by atoms with Crippen LogP contribution >= 0.6 is 25.3 Å². The van der Waals surface area contributed by atoms with Crippen LogP contribution in [0.15, 0.2) is 0 Å². The Labute approximate surface area is 150 Å². The van der Waals surface area contributed by atoms with E-state index >= 15 is 0 Å². The fourth-order valence-corrected chi connectivity index (χ4v) is 2.23. The Morgan fingerprint density at radius 1 is 0.958 bits per heavy atom. The zero-order valence-electron chi connectivity index (χ0n) is 13.0. The molecule has 0 aromatic rings. The SMILES string of the molecule is NC(CCCC(=O)N[C@@H](CCS)C(=O)N[C@@H](CS)C(=O)O)C(=O)O. The number of hydrogen-bond acceptors (Lipinski definition) is 7. The minimum Gasteiger partial charge on any atom is -0.480 e. The van der Waals surface area contributed by atoms with Crippen molar-refractivity contribution in [1.82, 2.24) is 10.6 Å². The van der Waals surface area contributed by atoms with Crippen LogP contribution in [0.5, 0.6) is 0 Å². The summed E-state index contributed by atoms with van der Waals surface area (Å²) in [6.45, 7) is 0. The van der Waals surface area contributed by atoms with Gasteiger partial charge in [-0.25, -0.2) is 4.79 Å². The average Bonchev–Trinajstić information content (AvgIpc) is 2.51. The van der Waals surface area contributed by atoms with E-state index in [2.05, 4.69) is 35.9 Å². The second kappa shape index (κ2) is 12.0. The van der Waals surface area contributed by atoms with Gasteiger partial charge in [-0.3, -0.25) is 14.4 Å². The number of carbonyl (C=O) groups is 4. The van der Waals surface area contributed by atoms with Crippen LogP contribution in [0.1, 0.15) is 25.7 Å². The first-order chi connectivity index (χ1) is 11.2. The second-order valence-corrected chi connectivity index (χ2v) is 5.86. The third kappa shape index (κ3) is 8.99. The second-order valence-electron chi connectivity index (χ2n) is 5.05. The van der Waals surface area contributed by atoms with Crippen molar-refractivity contribution < 1.29 is 29.4 Å². The topological polar surface area (TPSA) is 159 Å². The molecule has 9 nitrogen and oxygen atoms in total. The Balaban J connectivity index is 4.49. The van der Waals surface area contributed by atoms with E-state index in [4.69, 9.17) is 15.9 Å². The van der Waals surface area contributed by atoms with Crippen molar-refractivity contribution in [3.05, 3.63) is 0 Å². The third-order valence-corrected chi connectivity index (χ3v) is 3.73. The zero-order valence-corrected chi connectivity index (χ0v) is 14.8. The van der Waals surface area contributed by atoms with Gasteiger partial charge in [0.15, 0.2) is 0 Å². The van der Waals surface area contributed by atoms with Crippen molar-refractivity contribution in [2.75, 3.05) is 11.5 Å². The quantitative estimate of drug-likeness (QED) is 0.211. The highest BCUT2D eigenvalue weighted by Crippen LogP contribution is 2.02. The Bertz CT molecular complexity index is 463. The van der Waals surface area contributed by atoms with Gasteiger partial charge in [-0.2, -0.15) is 25.3 Å². The molecular formula is C13H23N3O6S2. The Morgan fingerprint density at radius 3 is 2.04 bits per heavy atom. The number of thiol groups is 2. The third-order valence-electron chi connectivity index (χ3n) is 3.10. The summed E-state index contributed by atoms with van der Waals surface area (Å²) in [6.07, 6.45) is 0.607. The molecule has 0 rings (SSSR count). The van der Waals surface area contributed by atoms with Gasteiger partial charge in [-0.15, -0.1) is 0 Å². The molecule has 3 atom stereocenters. The highest BCUT2D eigenvalue weighted by atomic mass is 32.1. The number of carbonyl (C=O) groups excluding carboxylic acids is 2. The lowest BCUT2D eigenvalue weighted by Gasteiger charge is -2.20. The lowest BCUT2D eigenvalue weighted by atomic mass is 10.1. The number of rotatable bonds is 12. The standard InChI is InChI=1S/C13H23N3O6S2/c14-7(12(19)20)2-1-3-10(17)15-8(4-5-23)11(18)16-9(6-24)13(21)22/h7-9,23-24H,1-6,14H2,(H,15,17)(H,16,18)(H,19,20)(H,21,22)/t7?,8-,9-/m0/s1. The molecule has 0 aromatic carbocycles. The lowest BCUT2D eigenvalue weighted by Crippen LogP contribution is -2.52. The summed E-state index contributed by atoms with van der Waals surface area (Å²) in [5, 5.41) is 22.3. The van der Waals surface area contributed by atoms with Crippen molar-refractivity contribution in [1.29, 1.82) is 0 Å². The monoisotopic (exact) mass is 381 g/mol. The predicted octanol–water partition coefficient (Wildman–Crippen LogP) is -1.13. The molecule has 0 aliphatic rings. The maximum absolute atomic E-state index is 12.1. The highest BCUT2D eigenvalue weighted by Gasteiger charge is 2.25. The molecule has 0 radical (unpaired) electrons. The van der Waals surface area contributed by atoms with Crippen molar-refractivity contribution in [2.45, 2.75) is 43.8 Å². The van der Waals surface area contributed by atoms with E-state index in [1.165, 1.54) is 0 Å². The number of aliphatic carboxylic acids is 2. The maximum atomic E-state index is 12.1. The molecule has 0 aliphatic heterocycles. The van der Waals surface area contributed by atoms with Gasteiger partial charge in [0.2, 0.25) is 11.8 Å². The minimum absolute atomic E-state index is 0.00621. The van der Waals surface area contributed by atoms with E-state index in [0.717, 1.165) is 0 Å². The number of carboxylic acid groups (broad SMARTS) is 2. The normalized spacial score (nSPS) is 14.3. The molecule has 6 N–H and O–H groups in total. The Morgan fingerprint density at radius 2 is 1.58 bits per heavy atom. The molecule has 11 heteroatoms. The molecule has 24 heavy (non-hydrogen) atoms. The Kier molecular flexibility index (Phi) is 11.3. The van der Waals surface area contributed by atoms with Crippen molar-refractivity contribution in [3.8, 4) is 0 Å². The van der Waals surface area contributed by atoms with Crippen LogP contribution in [0.25, 0.3) is 0 Å². The van der Waals surface area contributed by atoms with Gasteiger partial charge in [0.1, 0.15) is 18.1 Å². The number of carboxylic acids is 2. The molecule has 0 heterocycles. The van der Waals surface area contributed by atoms with Gasteiger partial charge in [0.05, 0.1) is 0 Å². The van der Waals surface area contributed by atoms with Gasteiger partial charge in [-0.1, -0.05) is 0 Å². The summed E-state index contributed by atoms with van der Waals surface area (Å²) in [7, 11) is 0. The van der Waals surface area contributed by atoms with Gasteiger partial charge in [-0.05, 0) is 25.0 Å². The van der Waals surface area contributed by atoms with Crippen molar-refractivity contribution in [2.24, 2.45) is 5.73 Å². The van der Waals surface area contributed by atoms with E-state index in [9.17, 15) is 19.2 Å². The van der Waals surface area contributed by atoms with Crippen LogP contribution in [0, 0.1) is 0 Å². The highest BCUT2D eigenvalue weighted by molar-refractivity contribution is 7.80. The molecule has 138 valence electrons. The van der Waals surface area contributed by atoms with E-state index in [1.807, 2.05) is 0 Å². The fraction of sp³-hybridized carbons (Fsp3) is 0.692. The molecule has 0 bridgehead atoms. The number of nitrogens with one attached hydrogen (secondary N) is 2. The van der Waals surface area contributed by atoms with Crippen LogP contribution in [-0.2, 0) is 19.2 Å². The van der Waals surface area contributed by atoms with Crippen LogP contribution in [0.4, 0.5) is 0 Å². The summed E-state index contributed by atoms with van der Waals surface area (Å²) in [4.78, 5) is 45.4. The lowest BCUT2D eigenvalue weighted by molar-refractivity contribution is -0.141. The molecule has 0 saturated carbocycles. The maximum Gasteiger partial charge on any atom is 0.327 e. The molecular weight excluding hydrogens is 358 g/mol. The van der Waals surface area contributed by atoms with Crippen molar-refractivity contribution >= 4 is 49.0 Å². The molecule has 0 aliphatic carbocycles. The summed E-state index contributed by atoms with van der Waals surface area (Å²) >= 11 is 7.85. The molecule has 2 amide bonds. The van der Waals surface area contributed by atoms with Crippen LogP contribution in [-0.4, -0.2) is 63.6 Å². The van der Waals surface area contributed by atoms with Crippen LogP contribution in [0.3, 0.4) is 0 Å². The van der Waals surface area contributed by atoms with E-state index in [0.29, 0.717) is 5.75 Å². The average molecular weight is 381 g/mol. The van der Waals surface area contributed by atoms with Gasteiger partial charge in [0.25, 0.3) is 0 Å². The van der Waals surface area contributed by atoms with Gasteiger partial charge >= 0.3 is 11.9 Å². The molecule has 0 fully saturated rings. The first-order valence-electron chi connectivity index (χ1n) is 7.25. The molecule has 1 unspecified atom stereocenters. The first kappa shape index (κ1) is 22.5. The molecule has 0 aromatic heterocycles. The van der Waals surface area contributed by atoms with Crippen LogP contribution in [0.2, 0.25) is 0 Å². The van der Waals surface area contributed by atoms with Gasteiger partial charge in [0, 0.05) is 12.2 Å². The zero-order chi connectivity index (χ0) is 18.7. The van der Waals surface area contributed by atoms with Crippen LogP contribution < -0.4 is 16.4 Å². The summed E-state index contributed by atoms with van der Waals surface area (Å²) in [5.74, 6) is -3.24. The summed E-state index contributed by atoms with van der Waals surface area (Å²) < 4.78 is 0. The number of hydrogen-bond donors (Lipinski definition) is 7. The fourth-order valence-electron chi connectivity index (χ4n) is 1.73. The predicted molar refractivity (Wildman–Crippen MR) is 93.3 cm³/mol. The largest absolute Gasteiger partial charge is 0.480 e. The molecule has 0 spiro atoms. The van der Waals surface area contributed by atoms with Gasteiger partial charge < -0.3 is 26.6 Å². The summed E-state index contributed by atoms with van der Waals surface area (Å²) in [5.41, 5.74) is 5.33. The van der Waals surface area contributed by atoms with E-state index < -0.39 is 41.9 Å². The van der Waals surface area contributed by atoms with E-state index in [-0.39, 0.29) is 31.4 Å². The minimum atomic E-state index is -1.23. The van der Waals surface area contributed by atoms with E-state index in [1.54, 1.807) is 0 Å². The molecule has 0 saturated heterocycles. The number of nitrogens with two attached hydrogens (primary N) is 1. The van der Waals surface area contributed by atoms with Crippen molar-refractivity contribution in [3.63, 3.8) is 0 Å².